The summed E-state index contributed by atoms with van der Waals surface area (Å²) in [5, 5.41) is 5.75. The summed E-state index contributed by atoms with van der Waals surface area (Å²) >= 11 is 0. The highest BCUT2D eigenvalue weighted by atomic mass is 19.1. The van der Waals surface area contributed by atoms with E-state index < -0.39 is 11.6 Å². The van der Waals surface area contributed by atoms with Crippen molar-refractivity contribution >= 4 is 17.8 Å². The number of morpholine rings is 1. The lowest BCUT2D eigenvalue weighted by Gasteiger charge is -2.35. The molecule has 0 aromatic heterocycles. The quantitative estimate of drug-likeness (QED) is 0.639. The molecule has 1 spiro atoms. The number of nitrogens with one attached hydrogen (secondary N) is 2. The number of urea groups is 1. The van der Waals surface area contributed by atoms with Gasteiger partial charge in [0.2, 0.25) is 5.91 Å². The largest absolute Gasteiger partial charge is 0.379 e. The zero-order valence-electron chi connectivity index (χ0n) is 17.6. The predicted octanol–water partition coefficient (Wildman–Crippen LogP) is 1.57. The van der Waals surface area contributed by atoms with Crippen LogP contribution in [0.2, 0.25) is 0 Å². The molecule has 31 heavy (non-hydrogen) atoms. The number of amides is 4. The van der Waals surface area contributed by atoms with Crippen molar-refractivity contribution in [2.24, 2.45) is 0 Å². The molecule has 1 unspecified atom stereocenters. The molecule has 1 aromatic carbocycles. The van der Waals surface area contributed by atoms with Crippen LogP contribution in [0, 0.1) is 5.82 Å². The van der Waals surface area contributed by atoms with Gasteiger partial charge in [0.25, 0.3) is 5.91 Å². The third-order valence-electron chi connectivity index (χ3n) is 6.50. The molecule has 0 bridgehead atoms. The van der Waals surface area contributed by atoms with E-state index in [9.17, 15) is 18.8 Å². The van der Waals surface area contributed by atoms with Gasteiger partial charge in [-0.05, 0) is 30.5 Å². The molecule has 2 saturated heterocycles. The van der Waals surface area contributed by atoms with Crippen molar-refractivity contribution in [3.63, 3.8) is 0 Å². The number of nitrogens with zero attached hydrogens (tertiary/aromatic N) is 2. The predicted molar refractivity (Wildman–Crippen MR) is 111 cm³/mol. The first kappa shape index (κ1) is 21.7. The van der Waals surface area contributed by atoms with Gasteiger partial charge in [-0.25, -0.2) is 9.18 Å². The average molecular weight is 432 g/mol. The number of ether oxygens (including phenoxy) is 1. The van der Waals surface area contributed by atoms with Gasteiger partial charge in [-0.15, -0.1) is 0 Å². The molecule has 0 radical (unpaired) electrons. The molecule has 3 fully saturated rings. The molecule has 1 aromatic rings. The average Bonchev–Trinajstić information content (AvgIpc) is 3.33. The Morgan fingerprint density at radius 3 is 2.52 bits per heavy atom. The van der Waals surface area contributed by atoms with Crippen molar-refractivity contribution < 1.29 is 23.5 Å². The van der Waals surface area contributed by atoms with E-state index in [0.29, 0.717) is 32.6 Å². The van der Waals surface area contributed by atoms with Crippen LogP contribution in [0.5, 0.6) is 0 Å². The lowest BCUT2D eigenvalue weighted by molar-refractivity contribution is -0.131. The first-order valence-electron chi connectivity index (χ1n) is 11.0. The minimum Gasteiger partial charge on any atom is -0.379 e. The molecule has 1 atom stereocenters. The van der Waals surface area contributed by atoms with Crippen LogP contribution in [0.1, 0.15) is 43.7 Å². The second kappa shape index (κ2) is 9.32. The maximum Gasteiger partial charge on any atom is 0.325 e. The number of hydrogen-bond donors (Lipinski definition) is 2. The second-order valence-corrected chi connectivity index (χ2v) is 8.45. The molecule has 4 rings (SSSR count). The first-order chi connectivity index (χ1) is 15.0. The minimum atomic E-state index is -0.752. The van der Waals surface area contributed by atoms with E-state index in [-0.39, 0.29) is 36.6 Å². The van der Waals surface area contributed by atoms with Crippen LogP contribution >= 0.6 is 0 Å². The molecule has 1 saturated carbocycles. The fourth-order valence-electron chi connectivity index (χ4n) is 4.74. The summed E-state index contributed by atoms with van der Waals surface area (Å²) in [5.74, 6) is -0.740. The minimum absolute atomic E-state index is 0.0501. The molecule has 4 amide bonds. The number of carbonyl (C=O) groups is 3. The van der Waals surface area contributed by atoms with Gasteiger partial charge in [-0.2, -0.15) is 0 Å². The zero-order chi connectivity index (χ0) is 21.8. The van der Waals surface area contributed by atoms with Gasteiger partial charge in [0, 0.05) is 32.6 Å². The van der Waals surface area contributed by atoms with E-state index in [1.807, 2.05) is 0 Å². The van der Waals surface area contributed by atoms with Gasteiger partial charge in [0.1, 0.15) is 11.4 Å². The number of benzene rings is 1. The van der Waals surface area contributed by atoms with Crippen LogP contribution < -0.4 is 10.6 Å². The van der Waals surface area contributed by atoms with Crippen molar-refractivity contribution in [1.29, 1.82) is 0 Å². The van der Waals surface area contributed by atoms with Crippen LogP contribution in [0.4, 0.5) is 9.18 Å². The highest BCUT2D eigenvalue weighted by Crippen LogP contribution is 2.35. The van der Waals surface area contributed by atoms with E-state index in [1.165, 1.54) is 17.0 Å². The van der Waals surface area contributed by atoms with Crippen LogP contribution in [0.25, 0.3) is 0 Å². The molecule has 2 heterocycles. The van der Waals surface area contributed by atoms with Crippen LogP contribution in [0.15, 0.2) is 24.3 Å². The first-order valence-corrected chi connectivity index (χ1v) is 11.0. The number of rotatable bonds is 7. The molecule has 168 valence electrons. The maximum absolute atomic E-state index is 13.4. The van der Waals surface area contributed by atoms with Crippen LogP contribution in [0.3, 0.4) is 0 Å². The Hall–Kier alpha value is -2.52. The van der Waals surface area contributed by atoms with E-state index in [4.69, 9.17) is 4.74 Å². The Kier molecular flexibility index (Phi) is 6.52. The summed E-state index contributed by atoms with van der Waals surface area (Å²) < 4.78 is 18.8. The van der Waals surface area contributed by atoms with Crippen molar-refractivity contribution in [1.82, 2.24) is 20.4 Å². The molecular formula is C22H29FN4O4. The van der Waals surface area contributed by atoms with Crippen molar-refractivity contribution in [3.8, 4) is 0 Å². The summed E-state index contributed by atoms with van der Waals surface area (Å²) in [4.78, 5) is 40.8. The van der Waals surface area contributed by atoms with E-state index in [1.54, 1.807) is 12.1 Å². The summed E-state index contributed by atoms with van der Waals surface area (Å²) in [6.07, 6.45) is 3.23. The van der Waals surface area contributed by atoms with Crippen molar-refractivity contribution in [2.75, 3.05) is 39.4 Å². The SMILES string of the molecule is O=C(CCN1C(=O)NC2(CCCC2)C1=O)NCC(c1ccc(F)cc1)N1CCOCC1. The van der Waals surface area contributed by atoms with Gasteiger partial charge in [0.05, 0.1) is 19.3 Å². The smallest absolute Gasteiger partial charge is 0.325 e. The molecular weight excluding hydrogens is 403 g/mol. The Balaban J connectivity index is 1.33. The summed E-state index contributed by atoms with van der Waals surface area (Å²) in [6, 6.07) is 5.79. The molecule has 1 aliphatic carbocycles. The van der Waals surface area contributed by atoms with E-state index in [2.05, 4.69) is 15.5 Å². The Morgan fingerprint density at radius 1 is 1.16 bits per heavy atom. The van der Waals surface area contributed by atoms with Gasteiger partial charge in [-0.1, -0.05) is 25.0 Å². The fourth-order valence-corrected chi connectivity index (χ4v) is 4.74. The lowest BCUT2D eigenvalue weighted by atomic mass is 9.98. The van der Waals surface area contributed by atoms with Gasteiger partial charge >= 0.3 is 6.03 Å². The number of halogens is 1. The summed E-state index contributed by atoms with van der Waals surface area (Å²) in [6.45, 7) is 3.09. The Morgan fingerprint density at radius 2 is 1.84 bits per heavy atom. The van der Waals surface area contributed by atoms with E-state index in [0.717, 1.165) is 31.5 Å². The molecule has 3 aliphatic rings. The third-order valence-corrected chi connectivity index (χ3v) is 6.50. The van der Waals surface area contributed by atoms with E-state index >= 15 is 0 Å². The maximum atomic E-state index is 13.4. The summed E-state index contributed by atoms with van der Waals surface area (Å²) in [7, 11) is 0. The zero-order valence-corrected chi connectivity index (χ0v) is 17.6. The fraction of sp³-hybridized carbons (Fsp3) is 0.591. The monoisotopic (exact) mass is 432 g/mol. The number of hydrogen-bond acceptors (Lipinski definition) is 5. The number of carbonyl (C=O) groups excluding carboxylic acids is 3. The molecule has 9 heteroatoms. The third kappa shape index (κ3) is 4.72. The highest BCUT2D eigenvalue weighted by molar-refractivity contribution is 6.07. The highest BCUT2D eigenvalue weighted by Gasteiger charge is 2.52. The van der Waals surface area contributed by atoms with Gasteiger partial charge in [-0.3, -0.25) is 19.4 Å². The molecule has 2 N–H and O–H groups in total. The van der Waals surface area contributed by atoms with Crippen molar-refractivity contribution in [3.05, 3.63) is 35.6 Å². The topological polar surface area (TPSA) is 91.0 Å². The van der Waals surface area contributed by atoms with Gasteiger partial charge < -0.3 is 15.4 Å². The molecule has 8 nitrogen and oxygen atoms in total. The Labute approximate surface area is 181 Å². The number of imide groups is 1. The lowest BCUT2D eigenvalue weighted by Crippen LogP contribution is -2.45. The normalized spacial score (nSPS) is 22.0. The molecule has 2 aliphatic heterocycles. The van der Waals surface area contributed by atoms with Crippen molar-refractivity contribution in [2.45, 2.75) is 43.7 Å². The summed E-state index contributed by atoms with van der Waals surface area (Å²) in [5.41, 5.74) is 0.165. The van der Waals surface area contributed by atoms with Crippen LogP contribution in [-0.2, 0) is 14.3 Å². The standard InChI is InChI=1S/C22H29FN4O4/c23-17-5-3-16(4-6-17)18(26-11-13-31-14-12-26)15-24-19(28)7-10-27-20(29)22(25-21(27)30)8-1-2-9-22/h3-6,18H,1-2,7-15H2,(H,24,28)(H,25,30). The van der Waals surface area contributed by atoms with Crippen LogP contribution in [-0.4, -0.2) is 72.6 Å². The van der Waals surface area contributed by atoms with Gasteiger partial charge in [0.15, 0.2) is 0 Å². The Bertz CT molecular complexity index is 819. The second-order valence-electron chi connectivity index (χ2n) is 8.45.